The fourth-order valence-corrected chi connectivity index (χ4v) is 4.47. The standard InChI is InChI=1S/C10H21BrO3Si/c1-5-12-15(13-6-2,14-7-3)9-10(4)8-11/h4-9H2,1-3H3. The van der Waals surface area contributed by atoms with Crippen LogP contribution in [0.3, 0.4) is 0 Å². The zero-order valence-corrected chi connectivity index (χ0v) is 12.4. The number of hydrogen-bond acceptors (Lipinski definition) is 3. The third-order valence-electron chi connectivity index (χ3n) is 1.75. The highest BCUT2D eigenvalue weighted by molar-refractivity contribution is 9.09. The van der Waals surface area contributed by atoms with Crippen LogP contribution >= 0.6 is 15.9 Å². The predicted molar refractivity (Wildman–Crippen MR) is 68.4 cm³/mol. The van der Waals surface area contributed by atoms with Crippen molar-refractivity contribution in [2.75, 3.05) is 25.2 Å². The van der Waals surface area contributed by atoms with Crippen LogP contribution in [0.15, 0.2) is 12.2 Å². The lowest BCUT2D eigenvalue weighted by Gasteiger charge is -2.28. The van der Waals surface area contributed by atoms with Gasteiger partial charge in [0.15, 0.2) is 0 Å². The molecule has 0 rings (SSSR count). The van der Waals surface area contributed by atoms with Gasteiger partial charge in [0.25, 0.3) is 0 Å². The lowest BCUT2D eigenvalue weighted by molar-refractivity contribution is 0.0737. The maximum Gasteiger partial charge on any atom is 0.505 e. The molecule has 0 amide bonds. The molecule has 0 saturated carbocycles. The smallest absolute Gasteiger partial charge is 0.374 e. The SMILES string of the molecule is C=C(CBr)C[Si](OCC)(OCC)OCC. The minimum absolute atomic E-state index is 0.613. The number of halogens is 1. The fourth-order valence-electron chi connectivity index (χ4n) is 1.29. The highest BCUT2D eigenvalue weighted by Crippen LogP contribution is 2.21. The Morgan fingerprint density at radius 3 is 1.73 bits per heavy atom. The topological polar surface area (TPSA) is 27.7 Å². The van der Waals surface area contributed by atoms with Gasteiger partial charge in [-0.15, -0.1) is 0 Å². The lowest BCUT2D eigenvalue weighted by Crippen LogP contribution is -2.46. The molecule has 0 aromatic rings. The summed E-state index contributed by atoms with van der Waals surface area (Å²) in [5.74, 6) is 0. The zero-order valence-electron chi connectivity index (χ0n) is 9.85. The quantitative estimate of drug-likeness (QED) is 0.372. The molecule has 0 aliphatic rings. The van der Waals surface area contributed by atoms with Crippen molar-refractivity contribution in [2.45, 2.75) is 26.8 Å². The summed E-state index contributed by atoms with van der Waals surface area (Å²) in [6.07, 6.45) is 0. The molecule has 0 spiro atoms. The largest absolute Gasteiger partial charge is 0.505 e. The first-order chi connectivity index (χ1) is 7.14. The third kappa shape index (κ3) is 5.82. The first-order valence-electron chi connectivity index (χ1n) is 5.28. The minimum Gasteiger partial charge on any atom is -0.374 e. The summed E-state index contributed by atoms with van der Waals surface area (Å²) in [4.78, 5) is 0. The van der Waals surface area contributed by atoms with Gasteiger partial charge in [-0.25, -0.2) is 0 Å². The van der Waals surface area contributed by atoms with Crippen molar-refractivity contribution in [1.29, 1.82) is 0 Å². The Labute approximate surface area is 102 Å². The van der Waals surface area contributed by atoms with Gasteiger partial charge >= 0.3 is 8.80 Å². The molecule has 15 heavy (non-hydrogen) atoms. The molecule has 0 aliphatic heterocycles. The monoisotopic (exact) mass is 296 g/mol. The number of allylic oxidation sites excluding steroid dienone is 1. The molecule has 3 nitrogen and oxygen atoms in total. The van der Waals surface area contributed by atoms with E-state index >= 15 is 0 Å². The van der Waals surface area contributed by atoms with Gasteiger partial charge in [0, 0.05) is 31.2 Å². The van der Waals surface area contributed by atoms with Crippen LogP contribution in [0.2, 0.25) is 6.04 Å². The van der Waals surface area contributed by atoms with E-state index in [9.17, 15) is 0 Å². The average molecular weight is 297 g/mol. The van der Waals surface area contributed by atoms with Crippen molar-refractivity contribution < 1.29 is 13.3 Å². The van der Waals surface area contributed by atoms with Crippen LogP contribution in [0.1, 0.15) is 20.8 Å². The summed E-state index contributed by atoms with van der Waals surface area (Å²) in [5, 5.41) is 0.759. The van der Waals surface area contributed by atoms with Gasteiger partial charge in [-0.05, 0) is 20.8 Å². The molecule has 0 atom stereocenters. The van der Waals surface area contributed by atoms with E-state index in [2.05, 4.69) is 22.5 Å². The first kappa shape index (κ1) is 15.3. The zero-order chi connectivity index (χ0) is 11.7. The average Bonchev–Trinajstić information content (AvgIpc) is 2.18. The summed E-state index contributed by atoms with van der Waals surface area (Å²) in [5.41, 5.74) is 1.05. The predicted octanol–water partition coefficient (Wildman–Crippen LogP) is 2.99. The van der Waals surface area contributed by atoms with Crippen molar-refractivity contribution >= 4 is 24.7 Å². The Hall–Kier alpha value is 0.317. The lowest BCUT2D eigenvalue weighted by atomic mass is 10.4. The number of alkyl halides is 1. The molecule has 0 aromatic heterocycles. The summed E-state index contributed by atoms with van der Waals surface area (Å²) in [6, 6.07) is 0.688. The summed E-state index contributed by atoms with van der Waals surface area (Å²) < 4.78 is 17.1. The molecule has 0 heterocycles. The Morgan fingerprint density at radius 1 is 1.07 bits per heavy atom. The van der Waals surface area contributed by atoms with Gasteiger partial charge in [-0.1, -0.05) is 28.1 Å². The molecule has 0 aromatic carbocycles. The van der Waals surface area contributed by atoms with E-state index in [1.165, 1.54) is 0 Å². The van der Waals surface area contributed by atoms with E-state index in [0.717, 1.165) is 10.9 Å². The van der Waals surface area contributed by atoms with Gasteiger partial charge in [-0.2, -0.15) is 0 Å². The molecule has 0 N–H and O–H groups in total. The number of hydrogen-bond donors (Lipinski definition) is 0. The third-order valence-corrected chi connectivity index (χ3v) is 5.66. The molecule has 0 fully saturated rings. The van der Waals surface area contributed by atoms with Crippen molar-refractivity contribution in [1.82, 2.24) is 0 Å². The molecule has 0 unspecified atom stereocenters. The molecule has 0 saturated heterocycles. The minimum atomic E-state index is -2.51. The maximum atomic E-state index is 5.70. The van der Waals surface area contributed by atoms with Gasteiger partial charge in [-0.3, -0.25) is 0 Å². The fraction of sp³-hybridized carbons (Fsp3) is 0.800. The van der Waals surface area contributed by atoms with Crippen LogP contribution in [0.5, 0.6) is 0 Å². The van der Waals surface area contributed by atoms with E-state index < -0.39 is 8.80 Å². The molecule has 5 heteroatoms. The molecule has 0 radical (unpaired) electrons. The van der Waals surface area contributed by atoms with Crippen LogP contribution in [0.25, 0.3) is 0 Å². The molecule has 0 bridgehead atoms. The van der Waals surface area contributed by atoms with Crippen LogP contribution in [-0.2, 0) is 13.3 Å². The van der Waals surface area contributed by atoms with Crippen molar-refractivity contribution in [3.63, 3.8) is 0 Å². The molecule has 90 valence electrons. The second kappa shape index (κ2) is 8.47. The normalized spacial score (nSPS) is 11.7. The Balaban J connectivity index is 4.51. The van der Waals surface area contributed by atoms with Crippen molar-refractivity contribution in [3.05, 3.63) is 12.2 Å². The molecular weight excluding hydrogens is 276 g/mol. The van der Waals surface area contributed by atoms with E-state index in [0.29, 0.717) is 25.9 Å². The maximum absolute atomic E-state index is 5.70. The van der Waals surface area contributed by atoms with Crippen molar-refractivity contribution in [3.8, 4) is 0 Å². The summed E-state index contributed by atoms with van der Waals surface area (Å²) in [7, 11) is -2.51. The Morgan fingerprint density at radius 2 is 1.47 bits per heavy atom. The van der Waals surface area contributed by atoms with Gasteiger partial charge < -0.3 is 13.3 Å². The Bertz CT molecular complexity index is 170. The van der Waals surface area contributed by atoms with E-state index in [1.807, 2.05) is 20.8 Å². The molecule has 0 aliphatic carbocycles. The summed E-state index contributed by atoms with van der Waals surface area (Å²) >= 11 is 3.38. The number of rotatable bonds is 9. The highest BCUT2D eigenvalue weighted by atomic mass is 79.9. The molecular formula is C10H21BrO3Si. The van der Waals surface area contributed by atoms with E-state index in [-0.39, 0.29) is 0 Å². The van der Waals surface area contributed by atoms with Crippen LogP contribution in [0, 0.1) is 0 Å². The van der Waals surface area contributed by atoms with Gasteiger partial charge in [0.1, 0.15) is 0 Å². The van der Waals surface area contributed by atoms with Crippen LogP contribution in [0.4, 0.5) is 0 Å². The second-order valence-corrected chi connectivity index (χ2v) is 6.19. The highest BCUT2D eigenvalue weighted by Gasteiger charge is 2.40. The Kier molecular flexibility index (Phi) is 8.65. The first-order valence-corrected chi connectivity index (χ1v) is 8.33. The summed E-state index contributed by atoms with van der Waals surface area (Å²) in [6.45, 7) is 11.7. The second-order valence-electron chi connectivity index (χ2n) is 3.04. The van der Waals surface area contributed by atoms with Crippen LogP contribution < -0.4 is 0 Å². The van der Waals surface area contributed by atoms with Gasteiger partial charge in [0.05, 0.1) is 0 Å². The van der Waals surface area contributed by atoms with E-state index in [4.69, 9.17) is 13.3 Å². The van der Waals surface area contributed by atoms with Gasteiger partial charge in [0.2, 0.25) is 0 Å². The van der Waals surface area contributed by atoms with E-state index in [1.54, 1.807) is 0 Å². The van der Waals surface area contributed by atoms with Crippen LogP contribution in [-0.4, -0.2) is 34.0 Å². The van der Waals surface area contributed by atoms with Crippen molar-refractivity contribution in [2.24, 2.45) is 0 Å².